The first-order valence-corrected chi connectivity index (χ1v) is 9.53. The van der Waals surface area contributed by atoms with Crippen LogP contribution in [0.5, 0.6) is 0 Å². The first kappa shape index (κ1) is 17.5. The third-order valence-corrected chi connectivity index (χ3v) is 5.14. The van der Waals surface area contributed by atoms with Crippen LogP contribution in [0.1, 0.15) is 42.4 Å². The van der Waals surface area contributed by atoms with E-state index in [0.29, 0.717) is 5.82 Å². The minimum Gasteiger partial charge on any atom is -0.340 e. The largest absolute Gasteiger partial charge is 0.340 e. The molecule has 1 fully saturated rings. The highest BCUT2D eigenvalue weighted by Gasteiger charge is 2.26. The Bertz CT molecular complexity index is 985. The zero-order chi connectivity index (χ0) is 18.8. The van der Waals surface area contributed by atoms with Gasteiger partial charge in [-0.3, -0.25) is 4.79 Å². The van der Waals surface area contributed by atoms with Crippen molar-refractivity contribution in [3.05, 3.63) is 59.9 Å². The fourth-order valence-corrected chi connectivity index (χ4v) is 3.66. The molecule has 1 N–H and O–H groups in total. The van der Waals surface area contributed by atoms with Gasteiger partial charge in [-0.25, -0.2) is 9.97 Å². The van der Waals surface area contributed by atoms with Gasteiger partial charge in [0.1, 0.15) is 5.82 Å². The van der Waals surface area contributed by atoms with Crippen molar-refractivity contribution in [2.24, 2.45) is 0 Å². The van der Waals surface area contributed by atoms with Gasteiger partial charge >= 0.3 is 0 Å². The highest BCUT2D eigenvalue weighted by molar-refractivity contribution is 5.97. The van der Waals surface area contributed by atoms with E-state index in [2.05, 4.69) is 41.3 Å². The summed E-state index contributed by atoms with van der Waals surface area (Å²) in [5.74, 6) is 0.845. The SMILES string of the molecule is Cc1cccc(Nc2nc(C(=O)N3CCCCC3C)nc3ccccc23)c1. The molecule has 1 aliphatic rings. The number of benzene rings is 2. The Hall–Kier alpha value is -2.95. The van der Waals surface area contributed by atoms with E-state index in [9.17, 15) is 4.79 Å². The number of amides is 1. The minimum absolute atomic E-state index is 0.0831. The van der Waals surface area contributed by atoms with E-state index in [-0.39, 0.29) is 17.8 Å². The second-order valence-electron chi connectivity index (χ2n) is 7.25. The van der Waals surface area contributed by atoms with Crippen molar-refractivity contribution in [1.82, 2.24) is 14.9 Å². The van der Waals surface area contributed by atoms with Gasteiger partial charge in [-0.15, -0.1) is 0 Å². The molecular formula is C22H24N4O. The molecule has 1 aliphatic heterocycles. The van der Waals surface area contributed by atoms with E-state index in [1.165, 1.54) is 6.42 Å². The summed E-state index contributed by atoms with van der Waals surface area (Å²) in [4.78, 5) is 24.2. The van der Waals surface area contributed by atoms with Gasteiger partial charge in [-0.05, 0) is 62.9 Å². The zero-order valence-electron chi connectivity index (χ0n) is 15.8. The number of para-hydroxylation sites is 1. The molecule has 1 unspecified atom stereocenters. The molecule has 0 aliphatic carbocycles. The molecule has 0 radical (unpaired) electrons. The quantitative estimate of drug-likeness (QED) is 0.736. The fourth-order valence-electron chi connectivity index (χ4n) is 3.66. The maximum atomic E-state index is 13.1. The molecule has 5 nitrogen and oxygen atoms in total. The number of anilines is 2. The Morgan fingerprint density at radius 1 is 1.11 bits per heavy atom. The van der Waals surface area contributed by atoms with Crippen LogP contribution in [0.15, 0.2) is 48.5 Å². The Labute approximate surface area is 159 Å². The monoisotopic (exact) mass is 360 g/mol. The van der Waals surface area contributed by atoms with Crippen LogP contribution < -0.4 is 5.32 Å². The third-order valence-electron chi connectivity index (χ3n) is 5.14. The topological polar surface area (TPSA) is 58.1 Å². The maximum Gasteiger partial charge on any atom is 0.291 e. The molecule has 0 spiro atoms. The van der Waals surface area contributed by atoms with Gasteiger partial charge in [0.15, 0.2) is 0 Å². The number of hydrogen-bond acceptors (Lipinski definition) is 4. The lowest BCUT2D eigenvalue weighted by atomic mass is 10.0. The van der Waals surface area contributed by atoms with Crippen molar-refractivity contribution in [1.29, 1.82) is 0 Å². The molecule has 5 heteroatoms. The summed E-state index contributed by atoms with van der Waals surface area (Å²) in [6, 6.07) is 16.1. The molecule has 27 heavy (non-hydrogen) atoms. The van der Waals surface area contributed by atoms with Crippen LogP contribution >= 0.6 is 0 Å². The van der Waals surface area contributed by atoms with E-state index in [0.717, 1.165) is 41.5 Å². The molecule has 2 heterocycles. The van der Waals surface area contributed by atoms with Crippen molar-refractivity contribution >= 4 is 28.3 Å². The Morgan fingerprint density at radius 3 is 2.78 bits per heavy atom. The number of aromatic nitrogens is 2. The van der Waals surface area contributed by atoms with Crippen molar-refractivity contribution in [2.45, 2.75) is 39.2 Å². The number of nitrogens with zero attached hydrogens (tertiary/aromatic N) is 3. The average molecular weight is 360 g/mol. The van der Waals surface area contributed by atoms with E-state index >= 15 is 0 Å². The maximum absolute atomic E-state index is 13.1. The highest BCUT2D eigenvalue weighted by atomic mass is 16.2. The summed E-state index contributed by atoms with van der Waals surface area (Å²) in [5, 5.41) is 4.28. The average Bonchev–Trinajstić information content (AvgIpc) is 2.68. The van der Waals surface area contributed by atoms with E-state index < -0.39 is 0 Å². The molecule has 2 aromatic carbocycles. The Kier molecular flexibility index (Phi) is 4.75. The van der Waals surface area contributed by atoms with Gasteiger partial charge in [0.05, 0.1) is 5.52 Å². The number of piperidine rings is 1. The van der Waals surface area contributed by atoms with Gasteiger partial charge in [-0.1, -0.05) is 24.3 Å². The fraction of sp³-hybridized carbons (Fsp3) is 0.318. The lowest BCUT2D eigenvalue weighted by Gasteiger charge is -2.32. The standard InChI is InChI=1S/C22H24N4O/c1-15-8-7-10-17(14-15)23-20-18-11-3-4-12-19(18)24-21(25-20)22(27)26-13-6-5-9-16(26)2/h3-4,7-8,10-12,14,16H,5-6,9,13H2,1-2H3,(H,23,24,25). The molecule has 1 aromatic heterocycles. The molecule has 0 bridgehead atoms. The first-order valence-electron chi connectivity index (χ1n) is 9.53. The van der Waals surface area contributed by atoms with Gasteiger partial charge in [0.25, 0.3) is 5.91 Å². The molecule has 138 valence electrons. The summed E-state index contributed by atoms with van der Waals surface area (Å²) < 4.78 is 0. The lowest BCUT2D eigenvalue weighted by molar-refractivity contribution is 0.0623. The van der Waals surface area contributed by atoms with Crippen molar-refractivity contribution in [2.75, 3.05) is 11.9 Å². The number of fused-ring (bicyclic) bond motifs is 1. The number of carbonyl (C=O) groups excluding carboxylic acids is 1. The number of likely N-dealkylation sites (tertiary alicyclic amines) is 1. The minimum atomic E-state index is -0.0831. The van der Waals surface area contributed by atoms with Gasteiger partial charge in [-0.2, -0.15) is 0 Å². The van der Waals surface area contributed by atoms with Crippen LogP contribution in [0.3, 0.4) is 0 Å². The molecule has 4 rings (SSSR count). The number of nitrogens with one attached hydrogen (secondary N) is 1. The number of rotatable bonds is 3. The van der Waals surface area contributed by atoms with Crippen LogP contribution in [0, 0.1) is 6.92 Å². The predicted molar refractivity (Wildman–Crippen MR) is 108 cm³/mol. The molecule has 0 saturated carbocycles. The summed E-state index contributed by atoms with van der Waals surface area (Å²) in [5.41, 5.74) is 2.89. The van der Waals surface area contributed by atoms with Gasteiger partial charge in [0.2, 0.25) is 5.82 Å². The summed E-state index contributed by atoms with van der Waals surface area (Å²) in [7, 11) is 0. The Balaban J connectivity index is 1.75. The first-order chi connectivity index (χ1) is 13.1. The van der Waals surface area contributed by atoms with Gasteiger partial charge < -0.3 is 10.2 Å². The van der Waals surface area contributed by atoms with Crippen LogP contribution in [-0.4, -0.2) is 33.4 Å². The lowest BCUT2D eigenvalue weighted by Crippen LogP contribution is -2.42. The number of hydrogen-bond donors (Lipinski definition) is 1. The van der Waals surface area contributed by atoms with E-state index in [1.807, 2.05) is 41.3 Å². The summed E-state index contributed by atoms with van der Waals surface area (Å²) in [6.07, 6.45) is 3.25. The van der Waals surface area contributed by atoms with Crippen LogP contribution in [0.4, 0.5) is 11.5 Å². The number of carbonyl (C=O) groups is 1. The predicted octanol–water partition coefficient (Wildman–Crippen LogP) is 4.70. The molecular weight excluding hydrogens is 336 g/mol. The van der Waals surface area contributed by atoms with Crippen molar-refractivity contribution in [3.63, 3.8) is 0 Å². The van der Waals surface area contributed by atoms with Crippen molar-refractivity contribution in [3.8, 4) is 0 Å². The van der Waals surface area contributed by atoms with Gasteiger partial charge in [0, 0.05) is 23.7 Å². The molecule has 1 atom stereocenters. The smallest absolute Gasteiger partial charge is 0.291 e. The third kappa shape index (κ3) is 3.63. The summed E-state index contributed by atoms with van der Waals surface area (Å²) in [6.45, 7) is 4.93. The summed E-state index contributed by atoms with van der Waals surface area (Å²) >= 11 is 0. The van der Waals surface area contributed by atoms with E-state index in [1.54, 1.807) is 0 Å². The van der Waals surface area contributed by atoms with Crippen LogP contribution in [0.25, 0.3) is 10.9 Å². The van der Waals surface area contributed by atoms with E-state index in [4.69, 9.17) is 0 Å². The zero-order valence-corrected chi connectivity index (χ0v) is 15.8. The molecule has 1 amide bonds. The normalized spacial score (nSPS) is 17.1. The molecule has 1 saturated heterocycles. The second kappa shape index (κ2) is 7.35. The van der Waals surface area contributed by atoms with Crippen LogP contribution in [-0.2, 0) is 0 Å². The van der Waals surface area contributed by atoms with Crippen molar-refractivity contribution < 1.29 is 4.79 Å². The Morgan fingerprint density at radius 2 is 1.96 bits per heavy atom. The second-order valence-corrected chi connectivity index (χ2v) is 7.25. The number of aryl methyl sites for hydroxylation is 1. The highest BCUT2D eigenvalue weighted by Crippen LogP contribution is 2.26. The van der Waals surface area contributed by atoms with Crippen LogP contribution in [0.2, 0.25) is 0 Å². The molecule has 3 aromatic rings.